The van der Waals surface area contributed by atoms with E-state index in [4.69, 9.17) is 15.6 Å². The number of carboxylic acids is 1. The smallest absolute Gasteiger partial charge is 0.341 e. The summed E-state index contributed by atoms with van der Waals surface area (Å²) in [6, 6.07) is -0.00442. The van der Waals surface area contributed by atoms with E-state index >= 15 is 0 Å². The monoisotopic (exact) mass is 417 g/mol. The first-order chi connectivity index (χ1) is 14.3. The molecule has 3 N–H and O–H groups in total. The molecule has 2 heterocycles. The van der Waals surface area contributed by atoms with Crippen LogP contribution in [-0.2, 0) is 19.1 Å². The predicted molar refractivity (Wildman–Crippen MR) is 111 cm³/mol. The van der Waals surface area contributed by atoms with Crippen molar-refractivity contribution in [3.63, 3.8) is 0 Å². The summed E-state index contributed by atoms with van der Waals surface area (Å²) < 4.78 is 5.46. The second kappa shape index (κ2) is 9.45. The Bertz CT molecular complexity index is 808. The van der Waals surface area contributed by atoms with Crippen molar-refractivity contribution in [1.29, 1.82) is 0 Å². The van der Waals surface area contributed by atoms with Crippen molar-refractivity contribution in [1.82, 2.24) is 4.90 Å². The minimum absolute atomic E-state index is 0.00442. The summed E-state index contributed by atoms with van der Waals surface area (Å²) in [6.45, 7) is 3.28. The average molecular weight is 418 g/mol. The molecular formula is C22H31N3O5. The van der Waals surface area contributed by atoms with Crippen LogP contribution >= 0.6 is 0 Å². The maximum atomic E-state index is 12.9. The summed E-state index contributed by atoms with van der Waals surface area (Å²) in [5.41, 5.74) is 6.78. The van der Waals surface area contributed by atoms with Crippen molar-refractivity contribution in [2.45, 2.75) is 71.3 Å². The number of allylic oxidation sites excluding steroid dienone is 1. The summed E-state index contributed by atoms with van der Waals surface area (Å²) in [5.74, 6) is -2.42. The van der Waals surface area contributed by atoms with Crippen molar-refractivity contribution in [2.75, 3.05) is 6.61 Å². The first-order valence-electron chi connectivity index (χ1n) is 10.8. The quantitative estimate of drug-likeness (QED) is 0.586. The van der Waals surface area contributed by atoms with Crippen molar-refractivity contribution in [3.05, 3.63) is 23.2 Å². The fraction of sp³-hybridized carbons (Fsp3) is 0.636. The lowest BCUT2D eigenvalue weighted by Gasteiger charge is -2.35. The van der Waals surface area contributed by atoms with Crippen molar-refractivity contribution >= 4 is 23.6 Å². The van der Waals surface area contributed by atoms with Gasteiger partial charge < -0.3 is 20.5 Å². The van der Waals surface area contributed by atoms with Crippen LogP contribution in [0.2, 0.25) is 0 Å². The molecule has 1 aliphatic carbocycles. The minimum Gasteiger partial charge on any atom is -0.479 e. The van der Waals surface area contributed by atoms with Gasteiger partial charge in [0.15, 0.2) is 6.61 Å². The van der Waals surface area contributed by atoms with Crippen LogP contribution in [0, 0.1) is 11.8 Å². The highest BCUT2D eigenvalue weighted by Gasteiger charge is 2.47. The molecule has 3 aliphatic rings. The number of ketones is 1. The number of hydrogen-bond acceptors (Lipinski definition) is 6. The maximum Gasteiger partial charge on any atom is 0.341 e. The number of nitrogens with zero attached hydrogens (tertiary/aromatic N) is 2. The Kier molecular flexibility index (Phi) is 6.95. The Hall–Kier alpha value is -2.64. The third-order valence-electron chi connectivity index (χ3n) is 6.21. The van der Waals surface area contributed by atoms with E-state index in [-0.39, 0.29) is 17.9 Å². The van der Waals surface area contributed by atoms with E-state index in [1.54, 1.807) is 6.92 Å². The van der Waals surface area contributed by atoms with Gasteiger partial charge >= 0.3 is 5.97 Å². The standard InChI is InChI=1S/C22H31N3O5/c1-3-7-15-16(10-14-8-5-4-6-9-14)25-11-13(2)24-22(30-12-17(26)27)19(25)18(15)20(28)21(23)29/h11,14-16H,3-10,12H2,1-2H3,(H2,23,29)(H,26,27). The molecule has 2 unspecified atom stereocenters. The number of nitrogens with two attached hydrogens (primary N) is 1. The Balaban J connectivity index is 2.04. The third kappa shape index (κ3) is 4.57. The highest BCUT2D eigenvalue weighted by Crippen LogP contribution is 2.44. The topological polar surface area (TPSA) is 122 Å². The Morgan fingerprint density at radius 2 is 1.97 bits per heavy atom. The molecule has 2 aliphatic heterocycles. The first-order valence-corrected chi connectivity index (χ1v) is 10.8. The second-order valence-corrected chi connectivity index (χ2v) is 8.44. The zero-order chi connectivity index (χ0) is 21.8. The molecule has 30 heavy (non-hydrogen) atoms. The lowest BCUT2D eigenvalue weighted by molar-refractivity contribution is -0.139. The van der Waals surface area contributed by atoms with Gasteiger partial charge in [0.2, 0.25) is 11.7 Å². The van der Waals surface area contributed by atoms with Gasteiger partial charge in [0.05, 0.1) is 5.70 Å². The highest BCUT2D eigenvalue weighted by molar-refractivity contribution is 6.43. The lowest BCUT2D eigenvalue weighted by atomic mass is 9.79. The Morgan fingerprint density at radius 3 is 2.57 bits per heavy atom. The van der Waals surface area contributed by atoms with E-state index in [0.717, 1.165) is 32.1 Å². The molecule has 0 spiro atoms. The summed E-state index contributed by atoms with van der Waals surface area (Å²) in [5, 5.41) is 9.05. The normalized spacial score (nSPS) is 24.3. The number of aliphatic carboxylic acids is 1. The van der Waals surface area contributed by atoms with Gasteiger partial charge in [-0.25, -0.2) is 9.79 Å². The number of primary amides is 1. The molecule has 0 aromatic carbocycles. The molecule has 0 aromatic heterocycles. The lowest BCUT2D eigenvalue weighted by Crippen LogP contribution is -2.36. The molecular weight excluding hydrogens is 386 g/mol. The number of fused-ring (bicyclic) bond motifs is 1. The number of Topliss-reactive ketones (excluding diaryl/α,β-unsaturated/α-hetero) is 1. The van der Waals surface area contributed by atoms with Crippen LogP contribution in [0.3, 0.4) is 0 Å². The van der Waals surface area contributed by atoms with Gasteiger partial charge in [-0.2, -0.15) is 0 Å². The SMILES string of the molecule is CCCC1C(C(=O)C(N)=O)=C2C(OCC(=O)O)=NC(C)=CN2C1CC1CCCCC1. The largest absolute Gasteiger partial charge is 0.479 e. The van der Waals surface area contributed by atoms with Crippen LogP contribution in [0.15, 0.2) is 28.2 Å². The molecule has 1 fully saturated rings. The predicted octanol–water partition coefficient (Wildman–Crippen LogP) is 2.74. The molecule has 1 saturated carbocycles. The molecule has 8 heteroatoms. The van der Waals surface area contributed by atoms with Gasteiger partial charge in [0.1, 0.15) is 5.70 Å². The van der Waals surface area contributed by atoms with Crippen LogP contribution in [-0.4, -0.2) is 46.2 Å². The third-order valence-corrected chi connectivity index (χ3v) is 6.21. The van der Waals surface area contributed by atoms with E-state index < -0.39 is 24.3 Å². The Morgan fingerprint density at radius 1 is 1.27 bits per heavy atom. The van der Waals surface area contributed by atoms with Crippen molar-refractivity contribution in [2.24, 2.45) is 22.6 Å². The summed E-state index contributed by atoms with van der Waals surface area (Å²) in [7, 11) is 0. The number of aliphatic imine (C=N–C) groups is 1. The van der Waals surface area contributed by atoms with E-state index in [0.29, 0.717) is 22.9 Å². The van der Waals surface area contributed by atoms with Crippen LogP contribution in [0.1, 0.15) is 65.2 Å². The molecule has 0 bridgehead atoms. The molecule has 164 valence electrons. The van der Waals surface area contributed by atoms with Gasteiger partial charge in [-0.05, 0) is 25.7 Å². The molecule has 3 rings (SSSR count). The summed E-state index contributed by atoms with van der Waals surface area (Å²) >= 11 is 0. The molecule has 2 atom stereocenters. The molecule has 0 aromatic rings. The van der Waals surface area contributed by atoms with Gasteiger partial charge in [-0.1, -0.05) is 45.4 Å². The number of rotatable bonds is 8. The van der Waals surface area contributed by atoms with Gasteiger partial charge in [-0.15, -0.1) is 0 Å². The second-order valence-electron chi connectivity index (χ2n) is 8.44. The summed E-state index contributed by atoms with van der Waals surface area (Å²) in [6.07, 6.45) is 10.4. The van der Waals surface area contributed by atoms with Gasteiger partial charge in [0, 0.05) is 23.7 Å². The number of ether oxygens (including phenoxy) is 1. The van der Waals surface area contributed by atoms with Crippen LogP contribution < -0.4 is 5.73 Å². The first kappa shape index (κ1) is 22.1. The average Bonchev–Trinajstić information content (AvgIpc) is 2.99. The maximum absolute atomic E-state index is 12.9. The number of carboxylic acid groups (broad SMARTS) is 1. The zero-order valence-electron chi connectivity index (χ0n) is 17.7. The van der Waals surface area contributed by atoms with Gasteiger partial charge in [0.25, 0.3) is 5.91 Å². The van der Waals surface area contributed by atoms with E-state index in [9.17, 15) is 14.4 Å². The number of carbonyl (C=O) groups excluding carboxylic acids is 2. The molecule has 0 radical (unpaired) electrons. The minimum atomic E-state index is -1.14. The molecule has 8 nitrogen and oxygen atoms in total. The van der Waals surface area contributed by atoms with E-state index in [2.05, 4.69) is 4.99 Å². The zero-order valence-corrected chi connectivity index (χ0v) is 17.7. The number of amides is 1. The van der Waals surface area contributed by atoms with Crippen LogP contribution in [0.4, 0.5) is 0 Å². The number of hydrogen-bond donors (Lipinski definition) is 2. The molecule has 1 amide bonds. The molecule has 0 saturated heterocycles. The van der Waals surface area contributed by atoms with Crippen LogP contribution in [0.25, 0.3) is 0 Å². The van der Waals surface area contributed by atoms with Crippen molar-refractivity contribution < 1.29 is 24.2 Å². The number of carbonyl (C=O) groups is 3. The van der Waals surface area contributed by atoms with Crippen LogP contribution in [0.5, 0.6) is 0 Å². The highest BCUT2D eigenvalue weighted by atomic mass is 16.5. The van der Waals surface area contributed by atoms with E-state index in [1.165, 1.54) is 19.3 Å². The summed E-state index contributed by atoms with van der Waals surface area (Å²) in [4.78, 5) is 42.2. The fourth-order valence-electron chi connectivity index (χ4n) is 5.03. The van der Waals surface area contributed by atoms with Gasteiger partial charge in [-0.3, -0.25) is 9.59 Å². The van der Waals surface area contributed by atoms with E-state index in [1.807, 2.05) is 18.0 Å². The van der Waals surface area contributed by atoms with Crippen molar-refractivity contribution in [3.8, 4) is 0 Å². The fourth-order valence-corrected chi connectivity index (χ4v) is 5.03. The Labute approximate surface area is 176 Å².